The number of aliphatic imine (C=N–C) groups is 1. The van der Waals surface area contributed by atoms with Crippen LogP contribution >= 0.6 is 11.6 Å². The van der Waals surface area contributed by atoms with E-state index >= 15 is 0 Å². The van der Waals surface area contributed by atoms with Gasteiger partial charge in [-0.2, -0.15) is 18.2 Å². The van der Waals surface area contributed by atoms with Crippen LogP contribution in [0, 0.1) is 5.82 Å². The van der Waals surface area contributed by atoms with Gasteiger partial charge in [-0.15, -0.1) is 0 Å². The first kappa shape index (κ1) is 27.0. The molecule has 34 heavy (non-hydrogen) atoms. The van der Waals surface area contributed by atoms with Crippen molar-refractivity contribution in [2.24, 2.45) is 16.5 Å². The van der Waals surface area contributed by atoms with Gasteiger partial charge in [0.2, 0.25) is 5.96 Å². The molecule has 8 nitrogen and oxygen atoms in total. The number of benzene rings is 2. The number of hydrogen-bond donors (Lipinski definition) is 4. The molecular formula is C21H22ClF4N5O3. The number of nitrogens with two attached hydrogens (primary N) is 2. The molecule has 0 aliphatic heterocycles. The van der Waals surface area contributed by atoms with Crippen LogP contribution in [0.4, 0.5) is 17.6 Å². The van der Waals surface area contributed by atoms with Gasteiger partial charge in [-0.05, 0) is 42.0 Å². The van der Waals surface area contributed by atoms with E-state index in [4.69, 9.17) is 23.1 Å². The van der Waals surface area contributed by atoms with Crippen LogP contribution in [0.1, 0.15) is 27.9 Å². The summed E-state index contributed by atoms with van der Waals surface area (Å²) >= 11 is 6.00. The van der Waals surface area contributed by atoms with E-state index in [1.54, 1.807) is 0 Å². The molecule has 2 aromatic carbocycles. The Morgan fingerprint density at radius 3 is 2.35 bits per heavy atom. The minimum Gasteiger partial charge on any atom is -0.468 e. The van der Waals surface area contributed by atoms with E-state index in [2.05, 4.69) is 20.4 Å². The summed E-state index contributed by atoms with van der Waals surface area (Å²) in [5, 5.41) is 5.56. The fraction of sp³-hybridized carbons (Fsp3) is 0.286. The standard InChI is InChI=1S/C21H22ClF4N5O3/c1-34-19(33)16(27)9-17(28)30-20(29-10-12-4-7-14(23)8-15(12)22)31-18(32)11-2-5-13(6-3-11)21(24,25)26/h2-8,16-17H,9-10,27-28H2,1H3,(H2,29,30,31,32). The molecule has 0 radical (unpaired) electrons. The Kier molecular flexibility index (Phi) is 9.36. The van der Waals surface area contributed by atoms with Gasteiger partial charge < -0.3 is 26.8 Å². The Balaban J connectivity index is 2.22. The number of alkyl halides is 3. The highest BCUT2D eigenvalue weighted by molar-refractivity contribution is 6.31. The summed E-state index contributed by atoms with van der Waals surface area (Å²) in [6.45, 7) is -0.0129. The number of nitrogens with zero attached hydrogens (tertiary/aromatic N) is 1. The topological polar surface area (TPSA) is 132 Å². The van der Waals surface area contributed by atoms with Gasteiger partial charge in [-0.25, -0.2) is 4.39 Å². The predicted octanol–water partition coefficient (Wildman–Crippen LogP) is 2.55. The van der Waals surface area contributed by atoms with Crippen molar-refractivity contribution in [3.63, 3.8) is 0 Å². The molecule has 0 aliphatic carbocycles. The minimum absolute atomic E-state index is 0.0129. The monoisotopic (exact) mass is 503 g/mol. The van der Waals surface area contributed by atoms with Crippen LogP contribution in [-0.4, -0.2) is 37.2 Å². The van der Waals surface area contributed by atoms with Gasteiger partial charge in [0.25, 0.3) is 5.91 Å². The minimum atomic E-state index is -4.56. The van der Waals surface area contributed by atoms with Gasteiger partial charge in [0, 0.05) is 23.6 Å². The van der Waals surface area contributed by atoms with E-state index < -0.39 is 41.6 Å². The number of nitrogens with one attached hydrogen (secondary N) is 2. The van der Waals surface area contributed by atoms with Crippen molar-refractivity contribution in [3.05, 3.63) is 70.0 Å². The van der Waals surface area contributed by atoms with E-state index in [0.717, 1.165) is 37.4 Å². The Bertz CT molecular complexity index is 1050. The van der Waals surface area contributed by atoms with Gasteiger partial charge >= 0.3 is 12.1 Å². The fourth-order valence-corrected chi connectivity index (χ4v) is 2.92. The van der Waals surface area contributed by atoms with Crippen molar-refractivity contribution in [3.8, 4) is 0 Å². The van der Waals surface area contributed by atoms with Crippen LogP contribution in [0.15, 0.2) is 47.5 Å². The molecule has 2 rings (SSSR count). The van der Waals surface area contributed by atoms with Gasteiger partial charge in [0.05, 0.1) is 18.8 Å². The molecule has 184 valence electrons. The molecule has 0 fully saturated rings. The van der Waals surface area contributed by atoms with Gasteiger partial charge in [-0.1, -0.05) is 17.7 Å². The molecule has 0 bridgehead atoms. The highest BCUT2D eigenvalue weighted by atomic mass is 35.5. The van der Waals surface area contributed by atoms with Crippen molar-refractivity contribution in [2.45, 2.75) is 31.3 Å². The number of hydrogen-bond acceptors (Lipinski definition) is 5. The maximum atomic E-state index is 13.3. The van der Waals surface area contributed by atoms with Crippen molar-refractivity contribution < 1.29 is 31.9 Å². The molecule has 0 heterocycles. The van der Waals surface area contributed by atoms with Crippen LogP contribution in [0.5, 0.6) is 0 Å². The lowest BCUT2D eigenvalue weighted by Crippen LogP contribution is -2.51. The molecule has 0 saturated carbocycles. The SMILES string of the molecule is COC(=O)C(N)CC(N)N/C(=N\C(=O)c1ccc(C(F)(F)F)cc1)NCc1ccc(F)cc1Cl. The summed E-state index contributed by atoms with van der Waals surface area (Å²) in [7, 11) is 1.16. The average Bonchev–Trinajstić information content (AvgIpc) is 2.77. The molecule has 0 saturated heterocycles. The molecule has 0 aliphatic rings. The third-order valence-electron chi connectivity index (χ3n) is 4.47. The second-order valence-electron chi connectivity index (χ2n) is 7.05. The largest absolute Gasteiger partial charge is 0.468 e. The molecule has 0 aromatic heterocycles. The fourth-order valence-electron chi connectivity index (χ4n) is 2.69. The highest BCUT2D eigenvalue weighted by Crippen LogP contribution is 2.29. The van der Waals surface area contributed by atoms with E-state index in [-0.39, 0.29) is 29.5 Å². The van der Waals surface area contributed by atoms with Crippen molar-refractivity contribution >= 4 is 29.4 Å². The maximum Gasteiger partial charge on any atom is 0.416 e. The molecule has 2 aromatic rings. The average molecular weight is 504 g/mol. The lowest BCUT2D eigenvalue weighted by atomic mass is 10.1. The highest BCUT2D eigenvalue weighted by Gasteiger charge is 2.30. The number of guanidine groups is 1. The summed E-state index contributed by atoms with van der Waals surface area (Å²) in [5.41, 5.74) is 11.0. The van der Waals surface area contributed by atoms with Gasteiger partial charge in [0.15, 0.2) is 0 Å². The normalized spacial score (nSPS) is 13.7. The second kappa shape index (κ2) is 11.8. The van der Waals surface area contributed by atoms with E-state index in [1.165, 1.54) is 12.1 Å². The Labute approximate surface area is 197 Å². The molecule has 6 N–H and O–H groups in total. The zero-order valence-electron chi connectivity index (χ0n) is 17.8. The van der Waals surface area contributed by atoms with Gasteiger partial charge in [0.1, 0.15) is 11.9 Å². The van der Waals surface area contributed by atoms with Gasteiger partial charge in [-0.3, -0.25) is 9.59 Å². The van der Waals surface area contributed by atoms with Crippen LogP contribution in [0.2, 0.25) is 5.02 Å². The first-order valence-corrected chi connectivity index (χ1v) is 10.1. The number of ether oxygens (including phenoxy) is 1. The summed E-state index contributed by atoms with van der Waals surface area (Å²) in [6.07, 6.45) is -5.62. The molecule has 2 unspecified atom stereocenters. The number of carbonyl (C=O) groups is 2. The maximum absolute atomic E-state index is 13.3. The van der Waals surface area contributed by atoms with Crippen molar-refractivity contribution in [1.29, 1.82) is 0 Å². The number of rotatable bonds is 7. The Hall–Kier alpha value is -3.22. The Morgan fingerprint density at radius 2 is 1.79 bits per heavy atom. The van der Waals surface area contributed by atoms with Crippen molar-refractivity contribution in [1.82, 2.24) is 10.6 Å². The third-order valence-corrected chi connectivity index (χ3v) is 4.82. The van der Waals surface area contributed by atoms with Crippen LogP contribution in [0.25, 0.3) is 0 Å². The van der Waals surface area contributed by atoms with Crippen LogP contribution in [0.3, 0.4) is 0 Å². The first-order valence-electron chi connectivity index (χ1n) is 9.74. The number of esters is 1. The summed E-state index contributed by atoms with van der Waals surface area (Å²) in [6, 6.07) is 6.09. The number of amides is 1. The van der Waals surface area contributed by atoms with E-state index in [1.807, 2.05) is 0 Å². The predicted molar refractivity (Wildman–Crippen MR) is 117 cm³/mol. The number of carbonyl (C=O) groups excluding carboxylic acids is 2. The zero-order valence-corrected chi connectivity index (χ0v) is 18.6. The number of halogens is 5. The molecule has 1 amide bonds. The molecular weight excluding hydrogens is 482 g/mol. The third kappa shape index (κ3) is 7.97. The van der Waals surface area contributed by atoms with E-state index in [0.29, 0.717) is 5.56 Å². The quantitative estimate of drug-likeness (QED) is 0.150. The summed E-state index contributed by atoms with van der Waals surface area (Å²) < 4.78 is 56.1. The summed E-state index contributed by atoms with van der Waals surface area (Å²) in [4.78, 5) is 27.9. The first-order chi connectivity index (χ1) is 15.9. The Morgan fingerprint density at radius 1 is 1.15 bits per heavy atom. The second-order valence-corrected chi connectivity index (χ2v) is 7.45. The molecule has 13 heteroatoms. The number of methoxy groups -OCH3 is 1. The molecule has 2 atom stereocenters. The summed E-state index contributed by atoms with van der Waals surface area (Å²) in [5.74, 6) is -2.30. The van der Waals surface area contributed by atoms with Crippen molar-refractivity contribution in [2.75, 3.05) is 7.11 Å². The van der Waals surface area contributed by atoms with Crippen LogP contribution in [-0.2, 0) is 22.3 Å². The lowest BCUT2D eigenvalue weighted by molar-refractivity contribution is -0.142. The zero-order chi connectivity index (χ0) is 25.5. The smallest absolute Gasteiger partial charge is 0.416 e. The van der Waals surface area contributed by atoms with Crippen LogP contribution < -0.4 is 22.1 Å². The lowest BCUT2D eigenvalue weighted by Gasteiger charge is -2.20. The molecule has 0 spiro atoms. The van der Waals surface area contributed by atoms with E-state index in [9.17, 15) is 27.2 Å².